The molecule has 0 heterocycles. The van der Waals surface area contributed by atoms with E-state index in [-0.39, 0.29) is 17.9 Å². The van der Waals surface area contributed by atoms with Crippen LogP contribution in [-0.4, -0.2) is 35.3 Å². The van der Waals surface area contributed by atoms with E-state index in [0.29, 0.717) is 19.4 Å². The van der Waals surface area contributed by atoms with E-state index in [2.05, 4.69) is 17.4 Å². The standard InChI is InChI=1S/C26H34N2O2/c1-21(26(30)27-24-15-9-4-10-16-24)28(20-19-23-13-7-3-8-14-23)25(29)18-17-22-11-5-2-6-12-22/h2-3,5-8,11-14,21,24H,4,9-10,15-20H2,1H3,(H,27,30)/t21-/m1/s1. The molecule has 0 radical (unpaired) electrons. The van der Waals surface area contributed by atoms with Crippen LogP contribution in [0.4, 0.5) is 0 Å². The van der Waals surface area contributed by atoms with E-state index in [1.54, 1.807) is 4.90 Å². The first-order valence-electron chi connectivity index (χ1n) is 11.3. The molecule has 0 aromatic heterocycles. The van der Waals surface area contributed by atoms with Gasteiger partial charge in [-0.15, -0.1) is 0 Å². The molecule has 160 valence electrons. The maximum atomic E-state index is 13.1. The maximum Gasteiger partial charge on any atom is 0.242 e. The lowest BCUT2D eigenvalue weighted by molar-refractivity contribution is -0.140. The Morgan fingerprint density at radius 3 is 2.07 bits per heavy atom. The highest BCUT2D eigenvalue weighted by Crippen LogP contribution is 2.18. The third kappa shape index (κ3) is 6.72. The summed E-state index contributed by atoms with van der Waals surface area (Å²) >= 11 is 0. The van der Waals surface area contributed by atoms with Gasteiger partial charge in [0, 0.05) is 19.0 Å². The third-order valence-electron chi connectivity index (χ3n) is 6.07. The predicted octanol–water partition coefficient (Wildman–Crippen LogP) is 4.53. The lowest BCUT2D eigenvalue weighted by atomic mass is 9.95. The predicted molar refractivity (Wildman–Crippen MR) is 121 cm³/mol. The van der Waals surface area contributed by atoms with Crippen molar-refractivity contribution < 1.29 is 9.59 Å². The zero-order valence-electron chi connectivity index (χ0n) is 18.1. The van der Waals surface area contributed by atoms with Crippen molar-refractivity contribution in [3.05, 3.63) is 71.8 Å². The van der Waals surface area contributed by atoms with Crippen LogP contribution in [0.3, 0.4) is 0 Å². The second kappa shape index (κ2) is 11.5. The van der Waals surface area contributed by atoms with Crippen molar-refractivity contribution >= 4 is 11.8 Å². The van der Waals surface area contributed by atoms with Crippen LogP contribution in [0.2, 0.25) is 0 Å². The number of nitrogens with one attached hydrogen (secondary N) is 1. The van der Waals surface area contributed by atoms with E-state index in [0.717, 1.165) is 24.8 Å². The van der Waals surface area contributed by atoms with Gasteiger partial charge in [-0.25, -0.2) is 0 Å². The van der Waals surface area contributed by atoms with Crippen molar-refractivity contribution in [2.24, 2.45) is 0 Å². The molecule has 1 saturated carbocycles. The molecule has 1 aliphatic rings. The molecular formula is C26H34N2O2. The van der Waals surface area contributed by atoms with Gasteiger partial charge in [-0.3, -0.25) is 9.59 Å². The van der Waals surface area contributed by atoms with Crippen LogP contribution in [0.1, 0.15) is 56.6 Å². The van der Waals surface area contributed by atoms with Gasteiger partial charge in [0.2, 0.25) is 11.8 Å². The van der Waals surface area contributed by atoms with Gasteiger partial charge in [0.15, 0.2) is 0 Å². The zero-order valence-corrected chi connectivity index (χ0v) is 18.1. The Hall–Kier alpha value is -2.62. The zero-order chi connectivity index (χ0) is 21.2. The molecule has 2 aromatic rings. The molecule has 1 fully saturated rings. The van der Waals surface area contributed by atoms with Gasteiger partial charge in [0.25, 0.3) is 0 Å². The van der Waals surface area contributed by atoms with Crippen LogP contribution in [0, 0.1) is 0 Å². The molecule has 2 aromatic carbocycles. The average Bonchev–Trinajstić information content (AvgIpc) is 2.79. The molecule has 0 bridgehead atoms. The van der Waals surface area contributed by atoms with Crippen molar-refractivity contribution in [1.29, 1.82) is 0 Å². The minimum absolute atomic E-state index is 0.0250. The highest BCUT2D eigenvalue weighted by Gasteiger charge is 2.27. The van der Waals surface area contributed by atoms with E-state index in [4.69, 9.17) is 0 Å². The number of aryl methyl sites for hydroxylation is 1. The van der Waals surface area contributed by atoms with Crippen LogP contribution < -0.4 is 5.32 Å². The first-order chi connectivity index (χ1) is 14.6. The van der Waals surface area contributed by atoms with Crippen LogP contribution >= 0.6 is 0 Å². The van der Waals surface area contributed by atoms with Gasteiger partial charge in [-0.05, 0) is 43.7 Å². The number of carbonyl (C=O) groups is 2. The molecule has 0 aliphatic heterocycles. The summed E-state index contributed by atoms with van der Waals surface area (Å²) in [4.78, 5) is 27.8. The number of hydrogen-bond acceptors (Lipinski definition) is 2. The van der Waals surface area contributed by atoms with Crippen LogP contribution in [0.15, 0.2) is 60.7 Å². The molecule has 0 saturated heterocycles. The minimum atomic E-state index is -0.459. The van der Waals surface area contributed by atoms with E-state index in [1.807, 2.05) is 55.5 Å². The molecule has 0 spiro atoms. The van der Waals surface area contributed by atoms with Crippen molar-refractivity contribution in [3.63, 3.8) is 0 Å². The van der Waals surface area contributed by atoms with E-state index >= 15 is 0 Å². The molecule has 3 rings (SSSR count). The van der Waals surface area contributed by atoms with Crippen molar-refractivity contribution in [2.75, 3.05) is 6.54 Å². The van der Waals surface area contributed by atoms with Crippen molar-refractivity contribution in [3.8, 4) is 0 Å². The van der Waals surface area contributed by atoms with Crippen LogP contribution in [0.25, 0.3) is 0 Å². The summed E-state index contributed by atoms with van der Waals surface area (Å²) in [5.41, 5.74) is 2.33. The Labute approximate surface area is 180 Å². The highest BCUT2D eigenvalue weighted by molar-refractivity contribution is 5.87. The molecule has 1 aliphatic carbocycles. The first kappa shape index (κ1) is 22.1. The highest BCUT2D eigenvalue weighted by atomic mass is 16.2. The fourth-order valence-electron chi connectivity index (χ4n) is 4.18. The van der Waals surface area contributed by atoms with Crippen molar-refractivity contribution in [1.82, 2.24) is 10.2 Å². The van der Waals surface area contributed by atoms with Gasteiger partial charge in [0.1, 0.15) is 6.04 Å². The number of nitrogens with zero attached hydrogens (tertiary/aromatic N) is 1. The number of hydrogen-bond donors (Lipinski definition) is 1. The molecule has 1 N–H and O–H groups in total. The monoisotopic (exact) mass is 406 g/mol. The largest absolute Gasteiger partial charge is 0.352 e. The second-order valence-electron chi connectivity index (χ2n) is 8.33. The fraction of sp³-hybridized carbons (Fsp3) is 0.462. The van der Waals surface area contributed by atoms with Crippen LogP contribution in [0.5, 0.6) is 0 Å². The van der Waals surface area contributed by atoms with E-state index in [1.165, 1.54) is 24.8 Å². The third-order valence-corrected chi connectivity index (χ3v) is 6.07. The average molecular weight is 407 g/mol. The van der Waals surface area contributed by atoms with Gasteiger partial charge in [-0.1, -0.05) is 79.9 Å². The smallest absolute Gasteiger partial charge is 0.242 e. The Morgan fingerprint density at radius 2 is 1.47 bits per heavy atom. The molecule has 1 atom stereocenters. The molecule has 0 unspecified atom stereocenters. The summed E-state index contributed by atoms with van der Waals surface area (Å²) in [5.74, 6) is 0.0177. The van der Waals surface area contributed by atoms with E-state index in [9.17, 15) is 9.59 Å². The Kier molecular flexibility index (Phi) is 8.49. The number of benzene rings is 2. The van der Waals surface area contributed by atoms with Crippen molar-refractivity contribution in [2.45, 2.75) is 70.4 Å². The maximum absolute atomic E-state index is 13.1. The number of rotatable bonds is 9. The van der Waals surface area contributed by atoms with Gasteiger partial charge in [0.05, 0.1) is 0 Å². The normalized spacial score (nSPS) is 15.4. The summed E-state index contributed by atoms with van der Waals surface area (Å²) in [7, 11) is 0. The molecule has 30 heavy (non-hydrogen) atoms. The minimum Gasteiger partial charge on any atom is -0.352 e. The SMILES string of the molecule is C[C@H](C(=O)NC1CCCCC1)N(CCc1ccccc1)C(=O)CCc1ccccc1. The van der Waals surface area contributed by atoms with Crippen LogP contribution in [-0.2, 0) is 22.4 Å². The molecule has 4 nitrogen and oxygen atoms in total. The molecule has 4 heteroatoms. The lowest BCUT2D eigenvalue weighted by Gasteiger charge is -2.31. The van der Waals surface area contributed by atoms with Gasteiger partial charge < -0.3 is 10.2 Å². The Balaban J connectivity index is 1.63. The Bertz CT molecular complexity index is 785. The number of amides is 2. The summed E-state index contributed by atoms with van der Waals surface area (Å²) in [6.45, 7) is 2.42. The summed E-state index contributed by atoms with van der Waals surface area (Å²) in [6.07, 6.45) is 7.55. The topological polar surface area (TPSA) is 49.4 Å². The molecular weight excluding hydrogens is 372 g/mol. The first-order valence-corrected chi connectivity index (χ1v) is 11.3. The second-order valence-corrected chi connectivity index (χ2v) is 8.33. The molecule has 2 amide bonds. The van der Waals surface area contributed by atoms with Gasteiger partial charge >= 0.3 is 0 Å². The number of carbonyl (C=O) groups excluding carboxylic acids is 2. The summed E-state index contributed by atoms with van der Waals surface area (Å²) in [6, 6.07) is 20.0. The summed E-state index contributed by atoms with van der Waals surface area (Å²) < 4.78 is 0. The van der Waals surface area contributed by atoms with Gasteiger partial charge in [-0.2, -0.15) is 0 Å². The summed E-state index contributed by atoms with van der Waals surface area (Å²) in [5, 5.41) is 3.19. The lowest BCUT2D eigenvalue weighted by Crippen LogP contribution is -2.51. The quantitative estimate of drug-likeness (QED) is 0.665. The van der Waals surface area contributed by atoms with E-state index < -0.39 is 6.04 Å². The Morgan fingerprint density at radius 1 is 0.900 bits per heavy atom. The fourth-order valence-corrected chi connectivity index (χ4v) is 4.18.